The molecule has 1 aromatic heterocycles. The Bertz CT molecular complexity index is 1020. The van der Waals surface area contributed by atoms with Gasteiger partial charge >= 0.3 is 6.36 Å². The summed E-state index contributed by atoms with van der Waals surface area (Å²) in [6.45, 7) is 8.63. The molecule has 0 spiro atoms. The highest BCUT2D eigenvalue weighted by Crippen LogP contribution is 2.27. The average Bonchev–Trinajstić information content (AvgIpc) is 3.18. The van der Waals surface area contributed by atoms with E-state index >= 15 is 0 Å². The van der Waals surface area contributed by atoms with E-state index in [1.807, 2.05) is 0 Å². The lowest BCUT2D eigenvalue weighted by Crippen LogP contribution is -2.46. The van der Waals surface area contributed by atoms with Crippen LogP contribution in [0.15, 0.2) is 53.1 Å². The Morgan fingerprint density at radius 1 is 0.968 bits per heavy atom. The van der Waals surface area contributed by atoms with Gasteiger partial charge in [-0.3, -0.25) is 4.90 Å². The zero-order valence-corrected chi connectivity index (χ0v) is 17.4. The van der Waals surface area contributed by atoms with Crippen LogP contribution in [0.5, 0.6) is 5.75 Å². The van der Waals surface area contributed by atoms with Crippen molar-refractivity contribution < 1.29 is 22.3 Å². The fourth-order valence-electron chi connectivity index (χ4n) is 3.63. The van der Waals surface area contributed by atoms with Gasteiger partial charge in [0.25, 0.3) is 0 Å². The number of ether oxygens (including phenoxy) is 1. The molecule has 2 heterocycles. The van der Waals surface area contributed by atoms with Crippen molar-refractivity contribution in [1.82, 2.24) is 9.88 Å². The number of piperazine rings is 1. The summed E-state index contributed by atoms with van der Waals surface area (Å²) in [4.78, 5) is 9.20. The molecular weight excluding hydrogens is 407 g/mol. The fourth-order valence-corrected chi connectivity index (χ4v) is 3.63. The molecule has 0 atom stereocenters. The van der Waals surface area contributed by atoms with Crippen LogP contribution in [-0.4, -0.2) is 42.4 Å². The number of aryl methyl sites for hydroxylation is 2. The lowest BCUT2D eigenvalue weighted by Gasteiger charge is -2.36. The first-order valence-electron chi connectivity index (χ1n) is 10.1. The average molecular weight is 431 g/mol. The van der Waals surface area contributed by atoms with Crippen LogP contribution in [0.3, 0.4) is 0 Å². The third kappa shape index (κ3) is 5.38. The van der Waals surface area contributed by atoms with Gasteiger partial charge in [-0.05, 0) is 61.4 Å². The lowest BCUT2D eigenvalue weighted by atomic mass is 10.1. The molecular formula is C23H24F3N3O2. The maximum atomic E-state index is 12.3. The van der Waals surface area contributed by atoms with Crippen molar-refractivity contribution in [1.29, 1.82) is 0 Å². The van der Waals surface area contributed by atoms with Crippen molar-refractivity contribution in [3.8, 4) is 17.2 Å². The number of anilines is 1. The Labute approximate surface area is 179 Å². The molecule has 31 heavy (non-hydrogen) atoms. The first-order valence-corrected chi connectivity index (χ1v) is 10.1. The van der Waals surface area contributed by atoms with Gasteiger partial charge in [0.15, 0.2) is 0 Å². The van der Waals surface area contributed by atoms with E-state index < -0.39 is 6.36 Å². The van der Waals surface area contributed by atoms with Crippen molar-refractivity contribution in [2.24, 2.45) is 0 Å². The van der Waals surface area contributed by atoms with E-state index in [4.69, 9.17) is 4.42 Å². The van der Waals surface area contributed by atoms with E-state index in [-0.39, 0.29) is 5.75 Å². The van der Waals surface area contributed by atoms with Crippen LogP contribution in [0.25, 0.3) is 11.5 Å². The van der Waals surface area contributed by atoms with E-state index in [1.165, 1.54) is 41.1 Å². The van der Waals surface area contributed by atoms with Crippen LogP contribution in [0.4, 0.5) is 18.9 Å². The van der Waals surface area contributed by atoms with Crippen LogP contribution < -0.4 is 9.64 Å². The molecule has 1 saturated heterocycles. The summed E-state index contributed by atoms with van der Waals surface area (Å²) in [5.41, 5.74) is 5.25. The summed E-state index contributed by atoms with van der Waals surface area (Å²) in [5.74, 6) is 0.104. The van der Waals surface area contributed by atoms with Gasteiger partial charge in [-0.1, -0.05) is 6.07 Å². The van der Waals surface area contributed by atoms with Gasteiger partial charge in [-0.15, -0.1) is 13.2 Å². The topological polar surface area (TPSA) is 41.7 Å². The van der Waals surface area contributed by atoms with Crippen molar-refractivity contribution in [2.45, 2.75) is 26.8 Å². The first kappa shape index (κ1) is 21.2. The predicted octanol–water partition coefficient (Wildman–Crippen LogP) is 5.18. The van der Waals surface area contributed by atoms with Gasteiger partial charge in [0.1, 0.15) is 12.0 Å². The lowest BCUT2D eigenvalue weighted by molar-refractivity contribution is -0.274. The summed E-state index contributed by atoms with van der Waals surface area (Å²) < 4.78 is 46.3. The molecule has 0 saturated carbocycles. The summed E-state index contributed by atoms with van der Waals surface area (Å²) in [7, 11) is 0. The third-order valence-electron chi connectivity index (χ3n) is 5.50. The highest BCUT2D eigenvalue weighted by atomic mass is 19.4. The number of rotatable bonds is 5. The molecule has 2 aromatic carbocycles. The maximum Gasteiger partial charge on any atom is 0.573 e. The van der Waals surface area contributed by atoms with Crippen LogP contribution in [-0.2, 0) is 6.54 Å². The summed E-state index contributed by atoms with van der Waals surface area (Å²) in [5, 5.41) is 0. The fraction of sp³-hybridized carbons (Fsp3) is 0.348. The quantitative estimate of drug-likeness (QED) is 0.557. The second-order valence-corrected chi connectivity index (χ2v) is 7.75. The van der Waals surface area contributed by atoms with Crippen molar-refractivity contribution in [2.75, 3.05) is 31.1 Å². The number of aromatic nitrogens is 1. The number of oxazole rings is 1. The van der Waals surface area contributed by atoms with Crippen LogP contribution in [0, 0.1) is 13.8 Å². The van der Waals surface area contributed by atoms with Crippen LogP contribution >= 0.6 is 0 Å². The molecule has 164 valence electrons. The molecule has 0 N–H and O–H groups in total. The predicted molar refractivity (Wildman–Crippen MR) is 112 cm³/mol. The maximum absolute atomic E-state index is 12.3. The Morgan fingerprint density at radius 2 is 1.68 bits per heavy atom. The number of nitrogens with zero attached hydrogens (tertiary/aromatic N) is 3. The number of benzene rings is 2. The van der Waals surface area contributed by atoms with Gasteiger partial charge in [0.05, 0.1) is 5.69 Å². The molecule has 0 bridgehead atoms. The Morgan fingerprint density at radius 3 is 2.32 bits per heavy atom. The smallest absolute Gasteiger partial charge is 0.444 e. The summed E-state index contributed by atoms with van der Waals surface area (Å²) in [6.07, 6.45) is -3.11. The van der Waals surface area contributed by atoms with Gasteiger partial charge in [0, 0.05) is 44.0 Å². The number of halogens is 3. The molecule has 1 aliphatic heterocycles. The number of alkyl halides is 3. The zero-order chi connectivity index (χ0) is 22.0. The second kappa shape index (κ2) is 8.63. The first-order chi connectivity index (χ1) is 14.8. The Hall–Kier alpha value is -3.00. The molecule has 4 rings (SSSR count). The van der Waals surface area contributed by atoms with Crippen molar-refractivity contribution in [3.05, 3.63) is 65.5 Å². The highest BCUT2D eigenvalue weighted by molar-refractivity contribution is 5.54. The van der Waals surface area contributed by atoms with Gasteiger partial charge in [-0.2, -0.15) is 0 Å². The Kier molecular flexibility index (Phi) is 5.91. The molecule has 1 fully saturated rings. The minimum Gasteiger partial charge on any atom is -0.444 e. The van der Waals surface area contributed by atoms with E-state index in [2.05, 4.69) is 51.6 Å². The standard InChI is InChI=1S/C23H24F3N3O2/c1-16-3-6-20(13-17(16)2)29-11-9-28(10-12-29)14-19-15-30-22(27-19)18-4-7-21(8-5-18)31-23(24,25)26/h3-8,13,15H,9-12,14H2,1-2H3. The van der Waals surface area contributed by atoms with Gasteiger partial charge in [0.2, 0.25) is 5.89 Å². The molecule has 8 heteroatoms. The summed E-state index contributed by atoms with van der Waals surface area (Å²) >= 11 is 0. The van der Waals surface area contributed by atoms with Crippen LogP contribution in [0.1, 0.15) is 16.8 Å². The van der Waals surface area contributed by atoms with E-state index in [0.29, 0.717) is 18.0 Å². The SMILES string of the molecule is Cc1ccc(N2CCN(Cc3coc(-c4ccc(OC(F)(F)F)cc4)n3)CC2)cc1C. The summed E-state index contributed by atoms with van der Waals surface area (Å²) in [6, 6.07) is 12.1. The minimum atomic E-state index is -4.71. The normalized spacial score (nSPS) is 15.3. The van der Waals surface area contributed by atoms with Crippen molar-refractivity contribution >= 4 is 5.69 Å². The molecule has 0 radical (unpaired) electrons. The second-order valence-electron chi connectivity index (χ2n) is 7.75. The molecule has 3 aromatic rings. The Balaban J connectivity index is 1.33. The number of hydrogen-bond donors (Lipinski definition) is 0. The zero-order valence-electron chi connectivity index (χ0n) is 17.4. The molecule has 0 amide bonds. The van der Waals surface area contributed by atoms with Gasteiger partial charge in [-0.25, -0.2) is 4.98 Å². The minimum absolute atomic E-state index is 0.273. The highest BCUT2D eigenvalue weighted by Gasteiger charge is 2.31. The molecule has 1 aliphatic rings. The van der Waals surface area contributed by atoms with E-state index in [9.17, 15) is 13.2 Å². The monoisotopic (exact) mass is 431 g/mol. The van der Waals surface area contributed by atoms with Crippen LogP contribution in [0.2, 0.25) is 0 Å². The van der Waals surface area contributed by atoms with Crippen molar-refractivity contribution in [3.63, 3.8) is 0 Å². The van der Waals surface area contributed by atoms with E-state index in [1.54, 1.807) is 6.26 Å². The molecule has 5 nitrogen and oxygen atoms in total. The van der Waals surface area contributed by atoms with Gasteiger partial charge < -0.3 is 14.1 Å². The van der Waals surface area contributed by atoms with E-state index in [0.717, 1.165) is 31.9 Å². The molecule has 0 aliphatic carbocycles. The molecule has 0 unspecified atom stereocenters. The third-order valence-corrected chi connectivity index (χ3v) is 5.50. The number of hydrogen-bond acceptors (Lipinski definition) is 5. The largest absolute Gasteiger partial charge is 0.573 e.